The number of nitrogens with one attached hydrogen (secondary N) is 1. The summed E-state index contributed by atoms with van der Waals surface area (Å²) >= 11 is 0. The number of carbonyl (C=O) groups is 2. The van der Waals surface area contributed by atoms with E-state index in [-0.39, 0.29) is 11.9 Å². The number of methoxy groups -OCH3 is 1. The smallest absolute Gasteiger partial charge is 0.305 e. The van der Waals surface area contributed by atoms with Crippen LogP contribution in [-0.2, 0) is 14.3 Å². The summed E-state index contributed by atoms with van der Waals surface area (Å²) in [5.41, 5.74) is 6.90. The van der Waals surface area contributed by atoms with Gasteiger partial charge in [-0.2, -0.15) is 0 Å². The number of rotatable bonds is 6. The largest absolute Gasteiger partial charge is 0.469 e. The molecule has 0 saturated carbocycles. The molecule has 1 rings (SSSR count). The highest BCUT2D eigenvalue weighted by Crippen LogP contribution is 2.12. The molecule has 5 nitrogen and oxygen atoms in total. The molecule has 0 radical (unpaired) electrons. The highest BCUT2D eigenvalue weighted by molar-refractivity contribution is 5.91. The molecule has 0 heterocycles. The molecule has 98 valence electrons. The predicted octanol–water partition coefficient (Wildman–Crippen LogP) is 1.94. The highest BCUT2D eigenvalue weighted by Gasteiger charge is 2.04. The summed E-state index contributed by atoms with van der Waals surface area (Å²) in [6.07, 6.45) is 2.04. The first-order valence-electron chi connectivity index (χ1n) is 5.84. The summed E-state index contributed by atoms with van der Waals surface area (Å²) in [7, 11) is 1.36. The van der Waals surface area contributed by atoms with Crippen molar-refractivity contribution in [2.24, 2.45) is 0 Å². The van der Waals surface area contributed by atoms with Crippen molar-refractivity contribution in [1.29, 1.82) is 0 Å². The summed E-state index contributed by atoms with van der Waals surface area (Å²) < 4.78 is 4.51. The lowest BCUT2D eigenvalue weighted by Gasteiger charge is -2.05. The van der Waals surface area contributed by atoms with E-state index < -0.39 is 0 Å². The van der Waals surface area contributed by atoms with Gasteiger partial charge in [0.15, 0.2) is 0 Å². The van der Waals surface area contributed by atoms with Crippen LogP contribution in [0.25, 0.3) is 0 Å². The Morgan fingerprint density at radius 1 is 1.28 bits per heavy atom. The lowest BCUT2D eigenvalue weighted by atomic mass is 10.2. The predicted molar refractivity (Wildman–Crippen MR) is 70.0 cm³/mol. The van der Waals surface area contributed by atoms with Gasteiger partial charge in [0, 0.05) is 24.2 Å². The van der Waals surface area contributed by atoms with Crippen molar-refractivity contribution in [1.82, 2.24) is 0 Å². The van der Waals surface area contributed by atoms with E-state index in [2.05, 4.69) is 10.1 Å². The molecule has 0 fully saturated rings. The van der Waals surface area contributed by atoms with Crippen molar-refractivity contribution < 1.29 is 14.3 Å². The van der Waals surface area contributed by atoms with Gasteiger partial charge in [0.25, 0.3) is 0 Å². The van der Waals surface area contributed by atoms with Crippen LogP contribution in [0.5, 0.6) is 0 Å². The zero-order valence-corrected chi connectivity index (χ0v) is 10.4. The molecule has 0 saturated heterocycles. The van der Waals surface area contributed by atoms with Gasteiger partial charge in [-0.25, -0.2) is 0 Å². The van der Waals surface area contributed by atoms with Crippen LogP contribution >= 0.6 is 0 Å². The number of hydrogen-bond acceptors (Lipinski definition) is 4. The maximum absolute atomic E-state index is 11.6. The first-order valence-corrected chi connectivity index (χ1v) is 5.84. The van der Waals surface area contributed by atoms with Gasteiger partial charge in [-0.05, 0) is 31.0 Å². The Labute approximate surface area is 106 Å². The number of unbranched alkanes of at least 4 members (excludes halogenated alkanes) is 1. The van der Waals surface area contributed by atoms with Crippen LogP contribution in [-0.4, -0.2) is 19.0 Å². The Balaban J connectivity index is 2.24. The number of carbonyl (C=O) groups excluding carboxylic acids is 2. The van der Waals surface area contributed by atoms with Gasteiger partial charge in [0.05, 0.1) is 7.11 Å². The Bertz CT molecular complexity index is 418. The van der Waals surface area contributed by atoms with E-state index in [4.69, 9.17) is 5.73 Å². The van der Waals surface area contributed by atoms with Crippen LogP contribution in [0.2, 0.25) is 0 Å². The maximum Gasteiger partial charge on any atom is 0.305 e. The van der Waals surface area contributed by atoms with Crippen molar-refractivity contribution in [3.8, 4) is 0 Å². The first-order chi connectivity index (χ1) is 8.61. The molecule has 3 N–H and O–H groups in total. The van der Waals surface area contributed by atoms with Crippen molar-refractivity contribution in [2.45, 2.75) is 25.7 Å². The molecule has 0 aliphatic heterocycles. The SMILES string of the molecule is COC(=O)CCCCC(=O)Nc1cccc(N)c1. The van der Waals surface area contributed by atoms with Gasteiger partial charge < -0.3 is 15.8 Å². The van der Waals surface area contributed by atoms with E-state index in [0.29, 0.717) is 37.1 Å². The van der Waals surface area contributed by atoms with E-state index in [9.17, 15) is 9.59 Å². The zero-order valence-electron chi connectivity index (χ0n) is 10.4. The van der Waals surface area contributed by atoms with Crippen molar-refractivity contribution in [3.63, 3.8) is 0 Å². The van der Waals surface area contributed by atoms with Gasteiger partial charge in [-0.15, -0.1) is 0 Å². The van der Waals surface area contributed by atoms with E-state index >= 15 is 0 Å². The minimum absolute atomic E-state index is 0.0783. The average Bonchev–Trinajstić information content (AvgIpc) is 2.34. The molecule has 1 aromatic rings. The summed E-state index contributed by atoms with van der Waals surface area (Å²) in [4.78, 5) is 22.4. The van der Waals surface area contributed by atoms with Crippen LogP contribution in [0, 0.1) is 0 Å². The van der Waals surface area contributed by atoms with E-state index in [1.165, 1.54) is 7.11 Å². The summed E-state index contributed by atoms with van der Waals surface area (Å²) in [5.74, 6) is -0.322. The second kappa shape index (κ2) is 7.32. The Morgan fingerprint density at radius 3 is 2.67 bits per heavy atom. The van der Waals surface area contributed by atoms with Crippen LogP contribution in [0.3, 0.4) is 0 Å². The van der Waals surface area contributed by atoms with E-state index in [0.717, 1.165) is 0 Å². The van der Waals surface area contributed by atoms with Crippen LogP contribution in [0.15, 0.2) is 24.3 Å². The summed E-state index contributed by atoms with van der Waals surface area (Å²) in [6, 6.07) is 7.02. The number of esters is 1. The Morgan fingerprint density at radius 2 is 2.00 bits per heavy atom. The third-order valence-corrected chi connectivity index (χ3v) is 2.43. The van der Waals surface area contributed by atoms with Crippen molar-refractivity contribution in [2.75, 3.05) is 18.2 Å². The molecule has 1 amide bonds. The molecular formula is C13H18N2O3. The quantitative estimate of drug-likeness (QED) is 0.459. The summed E-state index contributed by atoms with van der Waals surface area (Å²) in [6.45, 7) is 0. The van der Waals surface area contributed by atoms with Gasteiger partial charge in [0.2, 0.25) is 5.91 Å². The fourth-order valence-corrected chi connectivity index (χ4v) is 1.50. The van der Waals surface area contributed by atoms with E-state index in [1.807, 2.05) is 0 Å². The number of anilines is 2. The Kier molecular flexibility index (Phi) is 5.70. The first kappa shape index (κ1) is 14.0. The normalized spacial score (nSPS) is 9.83. The topological polar surface area (TPSA) is 81.4 Å². The molecule has 0 spiro atoms. The fraction of sp³-hybridized carbons (Fsp3) is 0.385. The minimum Gasteiger partial charge on any atom is -0.469 e. The van der Waals surface area contributed by atoms with Gasteiger partial charge >= 0.3 is 5.97 Å². The molecular weight excluding hydrogens is 232 g/mol. The minimum atomic E-state index is -0.244. The van der Waals surface area contributed by atoms with Crippen LogP contribution in [0.1, 0.15) is 25.7 Å². The standard InChI is InChI=1S/C13H18N2O3/c1-18-13(17)8-3-2-7-12(16)15-11-6-4-5-10(14)9-11/h4-6,9H,2-3,7-8,14H2,1H3,(H,15,16). The van der Waals surface area contributed by atoms with Crippen LogP contribution in [0.4, 0.5) is 11.4 Å². The number of ether oxygens (including phenoxy) is 1. The molecule has 0 atom stereocenters. The molecule has 1 aromatic carbocycles. The van der Waals surface area contributed by atoms with E-state index in [1.54, 1.807) is 24.3 Å². The number of nitrogen functional groups attached to an aromatic ring is 1. The molecule has 0 bridgehead atoms. The number of benzene rings is 1. The second-order valence-electron chi connectivity index (χ2n) is 3.96. The van der Waals surface area contributed by atoms with Gasteiger partial charge in [-0.1, -0.05) is 6.07 Å². The average molecular weight is 250 g/mol. The lowest BCUT2D eigenvalue weighted by molar-refractivity contribution is -0.140. The maximum atomic E-state index is 11.6. The third-order valence-electron chi connectivity index (χ3n) is 2.43. The van der Waals surface area contributed by atoms with Gasteiger partial charge in [0.1, 0.15) is 0 Å². The monoisotopic (exact) mass is 250 g/mol. The molecule has 0 unspecified atom stereocenters. The highest BCUT2D eigenvalue weighted by atomic mass is 16.5. The van der Waals surface area contributed by atoms with Crippen LogP contribution < -0.4 is 11.1 Å². The lowest BCUT2D eigenvalue weighted by Crippen LogP contribution is -2.11. The summed E-state index contributed by atoms with van der Waals surface area (Å²) in [5, 5.41) is 2.75. The molecule has 0 aliphatic rings. The number of hydrogen-bond donors (Lipinski definition) is 2. The molecule has 18 heavy (non-hydrogen) atoms. The second-order valence-corrected chi connectivity index (χ2v) is 3.96. The van der Waals surface area contributed by atoms with Gasteiger partial charge in [-0.3, -0.25) is 9.59 Å². The molecule has 0 aromatic heterocycles. The zero-order chi connectivity index (χ0) is 13.4. The molecule has 5 heteroatoms. The number of amides is 1. The van der Waals surface area contributed by atoms with Crippen molar-refractivity contribution >= 4 is 23.3 Å². The number of nitrogens with two attached hydrogens (primary N) is 1. The van der Waals surface area contributed by atoms with Crippen molar-refractivity contribution in [3.05, 3.63) is 24.3 Å². The molecule has 0 aliphatic carbocycles. The Hall–Kier alpha value is -2.04. The third kappa shape index (κ3) is 5.34. The fourth-order valence-electron chi connectivity index (χ4n) is 1.50.